The molecule has 0 radical (unpaired) electrons. The molecule has 0 bridgehead atoms. The lowest BCUT2D eigenvalue weighted by Crippen LogP contribution is -2.18. The second-order valence-corrected chi connectivity index (χ2v) is 2.92. The molecule has 78 valence electrons. The van der Waals surface area contributed by atoms with E-state index in [1.54, 1.807) is 0 Å². The van der Waals surface area contributed by atoms with E-state index in [0.29, 0.717) is 19.6 Å². The van der Waals surface area contributed by atoms with Crippen molar-refractivity contribution in [2.24, 2.45) is 5.73 Å². The molecule has 14 heavy (non-hydrogen) atoms. The quantitative estimate of drug-likeness (QED) is 0.547. The molecule has 0 saturated heterocycles. The number of pyridine rings is 1. The molecule has 0 unspecified atom stereocenters. The van der Waals surface area contributed by atoms with Crippen LogP contribution in [0.4, 0.5) is 8.78 Å². The van der Waals surface area contributed by atoms with Crippen LogP contribution in [-0.2, 0) is 6.54 Å². The Morgan fingerprint density at radius 3 is 2.93 bits per heavy atom. The average molecular weight is 201 g/mol. The summed E-state index contributed by atoms with van der Waals surface area (Å²) >= 11 is 0. The predicted octanol–water partition coefficient (Wildman–Crippen LogP) is 0.798. The van der Waals surface area contributed by atoms with Crippen LogP contribution >= 0.6 is 0 Å². The Morgan fingerprint density at radius 1 is 1.43 bits per heavy atom. The van der Waals surface area contributed by atoms with Crippen LogP contribution in [-0.4, -0.2) is 18.1 Å². The van der Waals surface area contributed by atoms with E-state index in [9.17, 15) is 8.78 Å². The Hall–Kier alpha value is -1.07. The fourth-order valence-corrected chi connectivity index (χ4v) is 1.04. The number of nitrogens with one attached hydrogen (secondary N) is 1. The molecule has 0 spiro atoms. The van der Waals surface area contributed by atoms with Crippen molar-refractivity contribution in [2.75, 3.05) is 13.1 Å². The summed E-state index contributed by atoms with van der Waals surface area (Å²) in [6.07, 6.45) is 1.70. The third-order valence-corrected chi connectivity index (χ3v) is 1.77. The van der Waals surface area contributed by atoms with Crippen molar-refractivity contribution >= 4 is 0 Å². The standard InChI is InChI=1S/C9H13F2N3/c10-8-6-14-9(11)4-7(8)5-13-3-1-2-12/h4,6,13H,1-3,5,12H2. The first kappa shape index (κ1) is 11.0. The smallest absolute Gasteiger partial charge is 0.213 e. The number of nitrogens with zero attached hydrogens (tertiary/aromatic N) is 1. The molecule has 1 rings (SSSR count). The van der Waals surface area contributed by atoms with E-state index in [1.807, 2.05) is 0 Å². The zero-order chi connectivity index (χ0) is 10.4. The molecule has 1 aromatic rings. The Morgan fingerprint density at radius 2 is 2.21 bits per heavy atom. The van der Waals surface area contributed by atoms with Gasteiger partial charge in [-0.2, -0.15) is 4.39 Å². The van der Waals surface area contributed by atoms with Crippen molar-refractivity contribution in [3.8, 4) is 0 Å². The van der Waals surface area contributed by atoms with Crippen molar-refractivity contribution in [3.05, 3.63) is 29.6 Å². The van der Waals surface area contributed by atoms with Gasteiger partial charge in [-0.05, 0) is 19.5 Å². The van der Waals surface area contributed by atoms with E-state index < -0.39 is 11.8 Å². The van der Waals surface area contributed by atoms with E-state index in [2.05, 4.69) is 10.3 Å². The highest BCUT2D eigenvalue weighted by Gasteiger charge is 2.03. The van der Waals surface area contributed by atoms with Gasteiger partial charge in [-0.15, -0.1) is 0 Å². The molecule has 0 saturated carbocycles. The minimum absolute atomic E-state index is 0.287. The summed E-state index contributed by atoms with van der Waals surface area (Å²) in [6, 6.07) is 1.09. The van der Waals surface area contributed by atoms with Gasteiger partial charge in [0.25, 0.3) is 0 Å². The zero-order valence-electron chi connectivity index (χ0n) is 7.76. The van der Waals surface area contributed by atoms with Crippen molar-refractivity contribution in [1.82, 2.24) is 10.3 Å². The van der Waals surface area contributed by atoms with Crippen LogP contribution in [0.3, 0.4) is 0 Å². The topological polar surface area (TPSA) is 50.9 Å². The highest BCUT2D eigenvalue weighted by molar-refractivity contribution is 5.13. The van der Waals surface area contributed by atoms with Crippen LogP contribution in [0.2, 0.25) is 0 Å². The molecule has 1 aromatic heterocycles. The van der Waals surface area contributed by atoms with Gasteiger partial charge in [0.2, 0.25) is 5.95 Å². The van der Waals surface area contributed by atoms with Gasteiger partial charge in [0.05, 0.1) is 6.20 Å². The molecule has 0 aromatic carbocycles. The van der Waals surface area contributed by atoms with Gasteiger partial charge in [0.15, 0.2) is 0 Å². The fourth-order valence-electron chi connectivity index (χ4n) is 1.04. The number of rotatable bonds is 5. The number of nitrogens with two attached hydrogens (primary N) is 1. The first-order chi connectivity index (χ1) is 6.74. The van der Waals surface area contributed by atoms with E-state index >= 15 is 0 Å². The third kappa shape index (κ3) is 3.35. The summed E-state index contributed by atoms with van der Waals surface area (Å²) in [4.78, 5) is 3.19. The lowest BCUT2D eigenvalue weighted by atomic mass is 10.2. The summed E-state index contributed by atoms with van der Waals surface area (Å²) in [6.45, 7) is 1.57. The largest absolute Gasteiger partial charge is 0.330 e. The number of halogens is 2. The molecule has 0 aliphatic carbocycles. The summed E-state index contributed by atoms with van der Waals surface area (Å²) in [5, 5.41) is 2.96. The third-order valence-electron chi connectivity index (χ3n) is 1.77. The molecular formula is C9H13F2N3. The molecule has 3 N–H and O–H groups in total. The molecule has 5 heteroatoms. The normalized spacial score (nSPS) is 10.5. The maximum absolute atomic E-state index is 13.0. The van der Waals surface area contributed by atoms with Crippen LogP contribution in [0.1, 0.15) is 12.0 Å². The number of hydrogen-bond donors (Lipinski definition) is 2. The van der Waals surface area contributed by atoms with Crippen LogP contribution in [0, 0.1) is 11.8 Å². The van der Waals surface area contributed by atoms with Crippen molar-refractivity contribution in [1.29, 1.82) is 0 Å². The molecular weight excluding hydrogens is 188 g/mol. The van der Waals surface area contributed by atoms with Crippen molar-refractivity contribution in [2.45, 2.75) is 13.0 Å². The second-order valence-electron chi connectivity index (χ2n) is 2.92. The Labute approximate surface area is 81.3 Å². The number of aromatic nitrogens is 1. The van der Waals surface area contributed by atoms with Gasteiger partial charge >= 0.3 is 0 Å². The van der Waals surface area contributed by atoms with E-state index in [4.69, 9.17) is 5.73 Å². The van der Waals surface area contributed by atoms with Crippen molar-refractivity contribution < 1.29 is 8.78 Å². The van der Waals surface area contributed by atoms with Crippen LogP contribution in [0.5, 0.6) is 0 Å². The molecule has 3 nitrogen and oxygen atoms in total. The maximum atomic E-state index is 13.0. The monoisotopic (exact) mass is 201 g/mol. The maximum Gasteiger partial charge on any atom is 0.213 e. The summed E-state index contributed by atoms with van der Waals surface area (Å²) in [5.74, 6) is -1.16. The minimum atomic E-state index is -0.665. The highest BCUT2D eigenvalue weighted by Crippen LogP contribution is 2.06. The molecule has 0 aliphatic rings. The zero-order valence-corrected chi connectivity index (χ0v) is 7.76. The van der Waals surface area contributed by atoms with Gasteiger partial charge in [0.1, 0.15) is 5.82 Å². The SMILES string of the molecule is NCCCNCc1cc(F)ncc1F. The van der Waals surface area contributed by atoms with Crippen molar-refractivity contribution in [3.63, 3.8) is 0 Å². The molecule has 1 heterocycles. The summed E-state index contributed by atoms with van der Waals surface area (Å²) in [5.41, 5.74) is 5.56. The lowest BCUT2D eigenvalue weighted by Gasteiger charge is -2.04. The molecule has 0 amide bonds. The van der Waals surface area contributed by atoms with E-state index in [0.717, 1.165) is 18.7 Å². The van der Waals surface area contributed by atoms with E-state index in [-0.39, 0.29) is 5.56 Å². The fraction of sp³-hybridized carbons (Fsp3) is 0.444. The molecule has 0 fully saturated rings. The average Bonchev–Trinajstić information content (AvgIpc) is 2.18. The highest BCUT2D eigenvalue weighted by atomic mass is 19.1. The second kappa shape index (κ2) is 5.62. The predicted molar refractivity (Wildman–Crippen MR) is 49.5 cm³/mol. The number of hydrogen-bond acceptors (Lipinski definition) is 3. The minimum Gasteiger partial charge on any atom is -0.330 e. The molecule has 0 aliphatic heterocycles. The van der Waals surface area contributed by atoms with Gasteiger partial charge in [-0.3, -0.25) is 0 Å². The van der Waals surface area contributed by atoms with Crippen LogP contribution in [0.15, 0.2) is 12.3 Å². The Balaban J connectivity index is 2.45. The van der Waals surface area contributed by atoms with E-state index in [1.165, 1.54) is 0 Å². The van der Waals surface area contributed by atoms with Crippen LogP contribution < -0.4 is 11.1 Å². The van der Waals surface area contributed by atoms with Gasteiger partial charge in [-0.1, -0.05) is 0 Å². The molecule has 0 atom stereocenters. The van der Waals surface area contributed by atoms with Gasteiger partial charge in [0, 0.05) is 18.2 Å². The van der Waals surface area contributed by atoms with Gasteiger partial charge < -0.3 is 11.1 Å². The first-order valence-electron chi connectivity index (χ1n) is 4.44. The van der Waals surface area contributed by atoms with Crippen LogP contribution in [0.25, 0.3) is 0 Å². The Bertz CT molecular complexity index is 291. The van der Waals surface area contributed by atoms with Gasteiger partial charge in [-0.25, -0.2) is 9.37 Å². The summed E-state index contributed by atoms with van der Waals surface area (Å²) < 4.78 is 25.6. The lowest BCUT2D eigenvalue weighted by molar-refractivity contribution is 0.538. The first-order valence-corrected chi connectivity index (χ1v) is 4.44. The summed E-state index contributed by atoms with van der Waals surface area (Å²) in [7, 11) is 0. The Kier molecular flexibility index (Phi) is 4.42.